The van der Waals surface area contributed by atoms with E-state index in [9.17, 15) is 4.39 Å². The Morgan fingerprint density at radius 3 is 3.00 bits per heavy atom. The number of likely N-dealkylation sites (N-methyl/N-ethyl adjacent to an activating group) is 1. The van der Waals surface area contributed by atoms with Gasteiger partial charge in [-0.1, -0.05) is 17.7 Å². The van der Waals surface area contributed by atoms with Gasteiger partial charge in [0, 0.05) is 60.0 Å². The van der Waals surface area contributed by atoms with E-state index >= 15 is 0 Å². The predicted octanol–water partition coefficient (Wildman–Crippen LogP) is 4.54. The first-order valence-electron chi connectivity index (χ1n) is 8.27. The summed E-state index contributed by atoms with van der Waals surface area (Å²) in [5.41, 5.74) is 1.31. The smallest absolute Gasteiger partial charge is 0.150 e. The molecule has 2 aliphatic rings. The molecular formula is C19H21ClFN3S. The standard InChI is InChI=1S/C19H21ClFN3S/c1-23-7-8-25(2)13-24(12-17(25)11-23)6-5-16-4-3-14-9-15(20)10-18(21)19(14)22-16/h3-4,7-10,12H,5-6,11,13H2,1-2H3. The van der Waals surface area contributed by atoms with Gasteiger partial charge in [-0.2, -0.15) is 10.0 Å². The maximum atomic E-state index is 14.1. The number of fused-ring (bicyclic) bond motifs is 2. The van der Waals surface area contributed by atoms with Crippen molar-refractivity contribution >= 4 is 32.5 Å². The Labute approximate surface area is 154 Å². The molecule has 1 unspecified atom stereocenters. The molecule has 1 atom stereocenters. The molecule has 2 aromatic rings. The Bertz CT molecular complexity index is 898. The number of nitrogens with zero attached hydrogens (tertiary/aromatic N) is 3. The topological polar surface area (TPSA) is 19.4 Å². The summed E-state index contributed by atoms with van der Waals surface area (Å²) < 4.78 is 14.1. The second kappa shape index (κ2) is 6.22. The van der Waals surface area contributed by atoms with E-state index in [0.29, 0.717) is 10.5 Å². The van der Waals surface area contributed by atoms with Crippen molar-refractivity contribution in [2.75, 3.05) is 32.3 Å². The van der Waals surface area contributed by atoms with Crippen LogP contribution in [0.1, 0.15) is 5.69 Å². The van der Waals surface area contributed by atoms with E-state index in [2.05, 4.69) is 45.9 Å². The quantitative estimate of drug-likeness (QED) is 0.783. The van der Waals surface area contributed by atoms with Crippen molar-refractivity contribution < 1.29 is 4.39 Å². The third-order valence-electron chi connectivity index (χ3n) is 4.80. The van der Waals surface area contributed by atoms with Crippen molar-refractivity contribution in [2.24, 2.45) is 0 Å². The zero-order valence-electron chi connectivity index (χ0n) is 14.4. The minimum absolute atomic E-state index is 0.358. The Hall–Kier alpha value is -1.72. The van der Waals surface area contributed by atoms with Crippen LogP contribution in [-0.4, -0.2) is 47.1 Å². The maximum absolute atomic E-state index is 14.1. The van der Waals surface area contributed by atoms with Gasteiger partial charge < -0.3 is 9.80 Å². The van der Waals surface area contributed by atoms with Gasteiger partial charge in [-0.3, -0.25) is 0 Å². The van der Waals surface area contributed by atoms with Gasteiger partial charge in [0.2, 0.25) is 0 Å². The van der Waals surface area contributed by atoms with E-state index in [4.69, 9.17) is 11.6 Å². The van der Waals surface area contributed by atoms with E-state index < -0.39 is 10.0 Å². The molecule has 1 aromatic heterocycles. The molecule has 132 valence electrons. The van der Waals surface area contributed by atoms with Crippen LogP contribution in [0, 0.1) is 5.82 Å². The fraction of sp³-hybridized carbons (Fsp3) is 0.316. The molecule has 6 heteroatoms. The fourth-order valence-corrected chi connectivity index (χ4v) is 6.27. The molecule has 4 rings (SSSR count). The number of aromatic nitrogens is 1. The first kappa shape index (κ1) is 16.7. The second-order valence-corrected chi connectivity index (χ2v) is 10.7. The van der Waals surface area contributed by atoms with Crippen LogP contribution in [0.5, 0.6) is 0 Å². The summed E-state index contributed by atoms with van der Waals surface area (Å²) in [4.78, 5) is 10.6. The maximum Gasteiger partial charge on any atom is 0.150 e. The van der Waals surface area contributed by atoms with Gasteiger partial charge in [0.1, 0.15) is 5.52 Å². The molecule has 3 nitrogen and oxygen atoms in total. The molecule has 0 saturated heterocycles. The molecule has 0 aliphatic carbocycles. The lowest BCUT2D eigenvalue weighted by Gasteiger charge is -2.37. The van der Waals surface area contributed by atoms with Gasteiger partial charge in [-0.25, -0.2) is 9.37 Å². The average Bonchev–Trinajstić information content (AvgIpc) is 2.89. The van der Waals surface area contributed by atoms with Crippen LogP contribution in [-0.2, 0) is 6.42 Å². The summed E-state index contributed by atoms with van der Waals surface area (Å²) in [7, 11) is 1.30. The van der Waals surface area contributed by atoms with Crippen LogP contribution in [0.2, 0.25) is 5.02 Å². The highest BCUT2D eigenvalue weighted by Gasteiger charge is 2.32. The van der Waals surface area contributed by atoms with Crippen LogP contribution in [0.4, 0.5) is 4.39 Å². The van der Waals surface area contributed by atoms with Gasteiger partial charge in [-0.05, 0) is 29.9 Å². The Morgan fingerprint density at radius 2 is 2.16 bits per heavy atom. The predicted molar refractivity (Wildman–Crippen MR) is 105 cm³/mol. The van der Waals surface area contributed by atoms with E-state index in [1.807, 2.05) is 12.1 Å². The summed E-state index contributed by atoms with van der Waals surface area (Å²) in [6, 6.07) is 6.94. The van der Waals surface area contributed by atoms with E-state index in [0.717, 1.165) is 36.5 Å². The number of hydrogen-bond acceptors (Lipinski definition) is 3. The van der Waals surface area contributed by atoms with E-state index in [1.165, 1.54) is 11.0 Å². The lowest BCUT2D eigenvalue weighted by atomic mass is 10.1. The molecule has 1 aromatic carbocycles. The van der Waals surface area contributed by atoms with Crippen molar-refractivity contribution in [2.45, 2.75) is 6.42 Å². The Morgan fingerprint density at radius 1 is 1.32 bits per heavy atom. The molecule has 0 bridgehead atoms. The van der Waals surface area contributed by atoms with E-state index in [-0.39, 0.29) is 5.82 Å². The first-order chi connectivity index (χ1) is 11.9. The normalized spacial score (nSPS) is 25.0. The largest absolute Gasteiger partial charge is 0.375 e. The number of hydrogen-bond donors (Lipinski definition) is 0. The molecule has 0 amide bonds. The number of benzene rings is 1. The SMILES string of the molecule is CN1C=CS2(C)CN(CCc3ccc4cc(Cl)cc(F)c4n3)C=C2C1. The molecule has 0 saturated carbocycles. The van der Waals surface area contributed by atoms with Crippen LogP contribution in [0.25, 0.3) is 10.9 Å². The molecule has 0 N–H and O–H groups in total. The van der Waals surface area contributed by atoms with Gasteiger partial charge in [0.15, 0.2) is 5.82 Å². The zero-order valence-corrected chi connectivity index (χ0v) is 15.9. The molecule has 0 radical (unpaired) electrons. The molecular weight excluding hydrogens is 357 g/mol. The van der Waals surface area contributed by atoms with Crippen molar-refractivity contribution in [3.63, 3.8) is 0 Å². The third kappa shape index (κ3) is 3.23. The highest BCUT2D eigenvalue weighted by atomic mass is 35.5. The fourth-order valence-electron chi connectivity index (χ4n) is 3.37. The van der Waals surface area contributed by atoms with Crippen LogP contribution in [0.3, 0.4) is 0 Å². The van der Waals surface area contributed by atoms with Crippen LogP contribution < -0.4 is 0 Å². The molecule has 0 fully saturated rings. The van der Waals surface area contributed by atoms with Gasteiger partial charge in [0.05, 0.1) is 5.88 Å². The minimum Gasteiger partial charge on any atom is -0.375 e. The summed E-state index contributed by atoms with van der Waals surface area (Å²) >= 11 is 5.91. The molecule has 3 heterocycles. The lowest BCUT2D eigenvalue weighted by molar-refractivity contribution is 0.443. The monoisotopic (exact) mass is 377 g/mol. The zero-order chi connectivity index (χ0) is 17.6. The van der Waals surface area contributed by atoms with E-state index in [1.54, 1.807) is 6.07 Å². The highest BCUT2D eigenvalue weighted by molar-refractivity contribution is 8.38. The molecule has 25 heavy (non-hydrogen) atoms. The van der Waals surface area contributed by atoms with Crippen molar-refractivity contribution in [3.8, 4) is 0 Å². The first-order valence-corrected chi connectivity index (χ1v) is 10.9. The molecule has 2 aliphatic heterocycles. The minimum atomic E-state index is -0.809. The van der Waals surface area contributed by atoms with Gasteiger partial charge in [-0.15, -0.1) is 0 Å². The van der Waals surface area contributed by atoms with Crippen molar-refractivity contribution in [1.82, 2.24) is 14.8 Å². The Balaban J connectivity index is 1.49. The summed E-state index contributed by atoms with van der Waals surface area (Å²) in [6.45, 7) is 1.91. The summed E-state index contributed by atoms with van der Waals surface area (Å²) in [5.74, 6) is 0.716. The lowest BCUT2D eigenvalue weighted by Crippen LogP contribution is -2.22. The highest BCUT2D eigenvalue weighted by Crippen LogP contribution is 2.59. The Kier molecular flexibility index (Phi) is 4.16. The average molecular weight is 378 g/mol. The number of rotatable bonds is 3. The van der Waals surface area contributed by atoms with Crippen molar-refractivity contribution in [1.29, 1.82) is 0 Å². The number of pyridine rings is 1. The van der Waals surface area contributed by atoms with Crippen LogP contribution in [0.15, 0.2) is 47.0 Å². The van der Waals surface area contributed by atoms with Crippen molar-refractivity contribution in [3.05, 3.63) is 63.5 Å². The third-order valence-corrected chi connectivity index (χ3v) is 8.05. The molecule has 0 spiro atoms. The summed E-state index contributed by atoms with van der Waals surface area (Å²) in [5, 5.41) is 3.52. The second-order valence-electron chi connectivity index (χ2n) is 6.91. The number of halogens is 2. The van der Waals surface area contributed by atoms with Gasteiger partial charge in [0.25, 0.3) is 0 Å². The summed E-state index contributed by atoms with van der Waals surface area (Å²) in [6.07, 6.45) is 7.69. The van der Waals surface area contributed by atoms with Crippen LogP contribution >= 0.6 is 21.6 Å². The van der Waals surface area contributed by atoms with Gasteiger partial charge >= 0.3 is 0 Å².